The van der Waals surface area contributed by atoms with Gasteiger partial charge in [0.2, 0.25) is 5.91 Å². The monoisotopic (exact) mass is 398 g/mol. The highest BCUT2D eigenvalue weighted by Gasteiger charge is 2.29. The van der Waals surface area contributed by atoms with Crippen molar-refractivity contribution in [2.24, 2.45) is 0 Å². The fourth-order valence-electron chi connectivity index (χ4n) is 2.94. The lowest BCUT2D eigenvalue weighted by Crippen LogP contribution is -2.45. The summed E-state index contributed by atoms with van der Waals surface area (Å²) in [6, 6.07) is 7.87. The number of benzene rings is 1. The first-order valence-electron chi connectivity index (χ1n) is 8.70. The average Bonchev–Trinajstić information content (AvgIpc) is 2.72. The van der Waals surface area contributed by atoms with Crippen LogP contribution in [0.3, 0.4) is 0 Å². The molecule has 2 unspecified atom stereocenters. The minimum atomic E-state index is -1.59. The number of para-hydroxylation sites is 1. The Morgan fingerprint density at radius 3 is 2.62 bits per heavy atom. The van der Waals surface area contributed by atoms with E-state index in [0.29, 0.717) is 10.9 Å². The van der Waals surface area contributed by atoms with Gasteiger partial charge in [0.05, 0.1) is 10.9 Å². The number of pyridine rings is 1. The lowest BCUT2D eigenvalue weighted by atomic mass is 10.0. The Morgan fingerprint density at radius 2 is 1.93 bits per heavy atom. The maximum absolute atomic E-state index is 12.3. The molecular formula is C19H18N4O6. The molecule has 0 radical (unpaired) electrons. The molecule has 1 aromatic carbocycles. The van der Waals surface area contributed by atoms with E-state index in [9.17, 15) is 29.4 Å². The number of carbonyl (C=O) groups excluding carboxylic acids is 1. The molecule has 150 valence electrons. The Kier molecular flexibility index (Phi) is 5.84. The molecule has 10 nitrogen and oxygen atoms in total. The lowest BCUT2D eigenvalue weighted by Gasteiger charge is -2.20. The summed E-state index contributed by atoms with van der Waals surface area (Å²) in [7, 11) is 0. The molecule has 2 atom stereocenters. The van der Waals surface area contributed by atoms with E-state index in [1.165, 1.54) is 29.1 Å². The predicted octanol–water partition coefficient (Wildman–Crippen LogP) is -0.222. The molecule has 2 aromatic heterocycles. The molecule has 0 fully saturated rings. The third-order valence-corrected chi connectivity index (χ3v) is 4.39. The van der Waals surface area contributed by atoms with Gasteiger partial charge in [0.25, 0.3) is 5.56 Å². The van der Waals surface area contributed by atoms with Crippen LogP contribution in [0.15, 0.2) is 58.4 Å². The summed E-state index contributed by atoms with van der Waals surface area (Å²) in [6.45, 7) is -0.0860. The van der Waals surface area contributed by atoms with E-state index in [1.54, 1.807) is 24.3 Å². The van der Waals surface area contributed by atoms with E-state index < -0.39 is 35.3 Å². The van der Waals surface area contributed by atoms with Crippen molar-refractivity contribution in [1.82, 2.24) is 19.9 Å². The van der Waals surface area contributed by atoms with Crippen LogP contribution in [-0.4, -0.2) is 42.7 Å². The van der Waals surface area contributed by atoms with Crippen LogP contribution in [-0.2, 0) is 16.1 Å². The summed E-state index contributed by atoms with van der Waals surface area (Å²) in [5.41, 5.74) is -0.606. The van der Waals surface area contributed by atoms with Crippen LogP contribution in [0.5, 0.6) is 0 Å². The van der Waals surface area contributed by atoms with Crippen molar-refractivity contribution < 1.29 is 19.8 Å². The Bertz CT molecular complexity index is 1150. The molecule has 0 saturated heterocycles. The quantitative estimate of drug-likeness (QED) is 0.429. The number of rotatable bonds is 7. The minimum Gasteiger partial charge on any atom is -0.480 e. The molecular weight excluding hydrogens is 380 g/mol. The van der Waals surface area contributed by atoms with Crippen molar-refractivity contribution in [1.29, 1.82) is 0 Å². The van der Waals surface area contributed by atoms with Crippen molar-refractivity contribution in [3.05, 3.63) is 75.2 Å². The van der Waals surface area contributed by atoms with Crippen molar-refractivity contribution in [2.45, 2.75) is 25.1 Å². The number of nitrogens with zero attached hydrogens (tertiary/aromatic N) is 2. The zero-order chi connectivity index (χ0) is 21.0. The molecule has 0 aliphatic carbocycles. The van der Waals surface area contributed by atoms with Gasteiger partial charge in [0.1, 0.15) is 6.10 Å². The highest BCUT2D eigenvalue weighted by Crippen LogP contribution is 2.16. The van der Waals surface area contributed by atoms with Crippen LogP contribution in [0.2, 0.25) is 0 Å². The van der Waals surface area contributed by atoms with Crippen molar-refractivity contribution in [3.8, 4) is 0 Å². The average molecular weight is 398 g/mol. The largest absolute Gasteiger partial charge is 0.480 e. The third-order valence-electron chi connectivity index (χ3n) is 4.39. The minimum absolute atomic E-state index is 0.0860. The fraction of sp³-hybridized carbons (Fsp3) is 0.211. The lowest BCUT2D eigenvalue weighted by molar-refractivity contribution is -0.145. The standard InChI is InChI=1S/C19H18N4O6/c24-14(21-15(18(27)28)16(25)11-4-3-8-20-10-11)7-9-23-13-6-2-1-5-12(13)17(26)22-19(23)29/h1-6,8,10,15-16,25H,7,9H2,(H,21,24)(H,27,28)(H,22,26,29). The second-order valence-corrected chi connectivity index (χ2v) is 6.29. The molecule has 2 heterocycles. The number of hydrogen-bond donors (Lipinski definition) is 4. The van der Waals surface area contributed by atoms with E-state index >= 15 is 0 Å². The number of hydrogen-bond acceptors (Lipinski definition) is 6. The number of H-pyrrole nitrogens is 1. The number of aromatic nitrogens is 3. The van der Waals surface area contributed by atoms with Gasteiger partial charge in [-0.3, -0.25) is 24.1 Å². The molecule has 29 heavy (non-hydrogen) atoms. The molecule has 0 bridgehead atoms. The topological polar surface area (TPSA) is 154 Å². The summed E-state index contributed by atoms with van der Waals surface area (Å²) >= 11 is 0. The summed E-state index contributed by atoms with van der Waals surface area (Å²) in [6.07, 6.45) is 1.04. The fourth-order valence-corrected chi connectivity index (χ4v) is 2.94. The predicted molar refractivity (Wildman–Crippen MR) is 102 cm³/mol. The van der Waals surface area contributed by atoms with Crippen LogP contribution < -0.4 is 16.6 Å². The first-order chi connectivity index (χ1) is 13.9. The van der Waals surface area contributed by atoms with Gasteiger partial charge in [-0.2, -0.15) is 0 Å². The summed E-state index contributed by atoms with van der Waals surface area (Å²) in [5.74, 6) is -2.09. The number of aliphatic hydroxyl groups is 1. The number of fused-ring (bicyclic) bond motifs is 1. The summed E-state index contributed by atoms with van der Waals surface area (Å²) < 4.78 is 1.23. The molecule has 3 rings (SSSR count). The van der Waals surface area contributed by atoms with Crippen LogP contribution in [0, 0.1) is 0 Å². The van der Waals surface area contributed by atoms with Gasteiger partial charge < -0.3 is 15.5 Å². The zero-order valence-corrected chi connectivity index (χ0v) is 15.1. The molecule has 0 spiro atoms. The number of aryl methyl sites for hydroxylation is 1. The normalized spacial score (nSPS) is 13.0. The van der Waals surface area contributed by atoms with Gasteiger partial charge in [-0.05, 0) is 18.2 Å². The van der Waals surface area contributed by atoms with Gasteiger partial charge in [0.15, 0.2) is 6.04 Å². The first kappa shape index (κ1) is 20.0. The Balaban J connectivity index is 1.75. The van der Waals surface area contributed by atoms with Crippen molar-refractivity contribution in [3.63, 3.8) is 0 Å². The first-order valence-corrected chi connectivity index (χ1v) is 8.70. The number of aliphatic carboxylic acids is 1. The second-order valence-electron chi connectivity index (χ2n) is 6.29. The van der Waals surface area contributed by atoms with E-state index in [2.05, 4.69) is 15.3 Å². The molecule has 3 aromatic rings. The number of carboxylic acids is 1. The molecule has 0 aliphatic rings. The van der Waals surface area contributed by atoms with Crippen LogP contribution in [0.4, 0.5) is 0 Å². The number of carbonyl (C=O) groups is 2. The van der Waals surface area contributed by atoms with Gasteiger partial charge in [-0.1, -0.05) is 18.2 Å². The summed E-state index contributed by atoms with van der Waals surface area (Å²) in [4.78, 5) is 53.8. The van der Waals surface area contributed by atoms with E-state index in [0.717, 1.165) is 0 Å². The van der Waals surface area contributed by atoms with Crippen molar-refractivity contribution >= 4 is 22.8 Å². The molecule has 10 heteroatoms. The molecule has 4 N–H and O–H groups in total. The van der Waals surface area contributed by atoms with Crippen LogP contribution in [0.1, 0.15) is 18.1 Å². The Labute approximate surface area is 163 Å². The highest BCUT2D eigenvalue weighted by atomic mass is 16.4. The Morgan fingerprint density at radius 1 is 1.17 bits per heavy atom. The van der Waals surface area contributed by atoms with Gasteiger partial charge in [0, 0.05) is 30.9 Å². The molecule has 0 saturated carbocycles. The summed E-state index contributed by atoms with van der Waals surface area (Å²) in [5, 5.41) is 22.2. The van der Waals surface area contributed by atoms with E-state index in [4.69, 9.17) is 0 Å². The number of aromatic amines is 1. The number of aliphatic hydroxyl groups excluding tert-OH is 1. The Hall–Kier alpha value is -3.79. The second kappa shape index (κ2) is 8.48. The van der Waals surface area contributed by atoms with Crippen LogP contribution >= 0.6 is 0 Å². The number of carboxylic acid groups (broad SMARTS) is 1. The van der Waals surface area contributed by atoms with E-state index in [-0.39, 0.29) is 18.5 Å². The molecule has 0 aliphatic heterocycles. The van der Waals surface area contributed by atoms with Gasteiger partial charge in [-0.25, -0.2) is 9.59 Å². The van der Waals surface area contributed by atoms with Gasteiger partial charge in [-0.15, -0.1) is 0 Å². The maximum Gasteiger partial charge on any atom is 0.329 e. The molecule has 1 amide bonds. The van der Waals surface area contributed by atoms with Crippen LogP contribution in [0.25, 0.3) is 10.9 Å². The van der Waals surface area contributed by atoms with Gasteiger partial charge >= 0.3 is 11.7 Å². The zero-order valence-electron chi connectivity index (χ0n) is 15.1. The van der Waals surface area contributed by atoms with E-state index in [1.807, 2.05) is 0 Å². The smallest absolute Gasteiger partial charge is 0.329 e. The highest BCUT2D eigenvalue weighted by molar-refractivity contribution is 5.84. The van der Waals surface area contributed by atoms with Crippen molar-refractivity contribution in [2.75, 3.05) is 0 Å². The number of amides is 1. The SMILES string of the molecule is O=C(CCn1c(=O)[nH]c(=O)c2ccccc21)NC(C(=O)O)C(O)c1cccnc1. The number of nitrogens with one attached hydrogen (secondary N) is 2. The maximum atomic E-state index is 12.3. The third kappa shape index (κ3) is 4.38.